The van der Waals surface area contributed by atoms with Gasteiger partial charge in [0.2, 0.25) is 0 Å². The van der Waals surface area contributed by atoms with Crippen LogP contribution >= 0.6 is 15.9 Å². The molecule has 80 valence electrons. The van der Waals surface area contributed by atoms with Gasteiger partial charge in [0.1, 0.15) is 5.76 Å². The van der Waals surface area contributed by atoms with E-state index in [1.54, 1.807) is 6.20 Å². The zero-order valence-electron chi connectivity index (χ0n) is 8.35. The number of aryl methyl sites for hydroxylation is 1. The minimum absolute atomic E-state index is 0.253. The van der Waals surface area contributed by atoms with E-state index in [9.17, 15) is 0 Å². The van der Waals surface area contributed by atoms with E-state index in [2.05, 4.69) is 21.0 Å². The van der Waals surface area contributed by atoms with Crippen LogP contribution in [0.25, 0.3) is 0 Å². The molecule has 1 unspecified atom stereocenters. The molecule has 0 aliphatic rings. The van der Waals surface area contributed by atoms with Crippen molar-refractivity contribution < 1.29 is 4.42 Å². The van der Waals surface area contributed by atoms with E-state index < -0.39 is 0 Å². The van der Waals surface area contributed by atoms with Crippen LogP contribution in [0.2, 0.25) is 0 Å². The third kappa shape index (κ3) is 2.13. The normalized spacial score (nSPS) is 13.0. The van der Waals surface area contributed by atoms with Gasteiger partial charge in [0.15, 0.2) is 4.67 Å². The molecule has 2 aromatic heterocycles. The Balaban J connectivity index is 2.23. The fourth-order valence-corrected chi connectivity index (χ4v) is 1.69. The maximum atomic E-state index is 6.03. The van der Waals surface area contributed by atoms with Gasteiger partial charge in [-0.3, -0.25) is 4.68 Å². The summed E-state index contributed by atoms with van der Waals surface area (Å²) in [5.74, 6) is 0.734. The zero-order chi connectivity index (χ0) is 10.8. The first-order valence-corrected chi connectivity index (χ1v) is 5.53. The lowest BCUT2D eigenvalue weighted by atomic mass is 10.1. The Bertz CT molecular complexity index is 449. The van der Waals surface area contributed by atoms with Gasteiger partial charge in [-0.2, -0.15) is 5.10 Å². The molecule has 0 bridgehead atoms. The van der Waals surface area contributed by atoms with Gasteiger partial charge in [0.05, 0.1) is 12.2 Å². The van der Waals surface area contributed by atoms with Crippen molar-refractivity contribution in [3.63, 3.8) is 0 Å². The summed E-state index contributed by atoms with van der Waals surface area (Å²) in [5, 5.41) is 4.17. The van der Waals surface area contributed by atoms with Crippen molar-refractivity contribution in [2.45, 2.75) is 19.5 Å². The molecule has 2 rings (SSSR count). The Morgan fingerprint density at radius 3 is 2.93 bits per heavy atom. The monoisotopic (exact) mass is 269 g/mol. The summed E-state index contributed by atoms with van der Waals surface area (Å²) in [6.45, 7) is 2.88. The molecule has 0 amide bonds. The van der Waals surface area contributed by atoms with Crippen LogP contribution in [0.1, 0.15) is 24.3 Å². The van der Waals surface area contributed by atoms with Crippen molar-refractivity contribution in [1.82, 2.24) is 9.78 Å². The van der Waals surface area contributed by atoms with Crippen LogP contribution in [0.3, 0.4) is 0 Å². The maximum Gasteiger partial charge on any atom is 0.169 e. The molecule has 0 aromatic carbocycles. The first-order chi connectivity index (χ1) is 7.20. The Hall–Kier alpha value is -1.07. The summed E-state index contributed by atoms with van der Waals surface area (Å²) in [6.07, 6.45) is 3.70. The van der Waals surface area contributed by atoms with Crippen LogP contribution in [0.5, 0.6) is 0 Å². The van der Waals surface area contributed by atoms with Crippen molar-refractivity contribution in [3.05, 3.63) is 40.5 Å². The summed E-state index contributed by atoms with van der Waals surface area (Å²) in [7, 11) is 0. The first kappa shape index (κ1) is 10.4. The number of halogens is 1. The van der Waals surface area contributed by atoms with Gasteiger partial charge in [0.25, 0.3) is 0 Å². The average Bonchev–Trinajstić information content (AvgIpc) is 2.84. The number of hydrogen-bond donors (Lipinski definition) is 1. The highest BCUT2D eigenvalue weighted by Gasteiger charge is 2.14. The predicted octanol–water partition coefficient (Wildman–Crippen LogP) is 2.31. The van der Waals surface area contributed by atoms with E-state index in [1.165, 1.54) is 0 Å². The van der Waals surface area contributed by atoms with Crippen molar-refractivity contribution in [3.8, 4) is 0 Å². The third-order valence-corrected chi connectivity index (χ3v) is 2.66. The summed E-state index contributed by atoms with van der Waals surface area (Å²) < 4.78 is 7.93. The lowest BCUT2D eigenvalue weighted by Gasteiger charge is -2.04. The molecule has 15 heavy (non-hydrogen) atoms. The van der Waals surface area contributed by atoms with Crippen LogP contribution in [-0.2, 0) is 6.54 Å². The molecule has 0 saturated heterocycles. The molecule has 2 aromatic rings. The number of hydrogen-bond acceptors (Lipinski definition) is 3. The molecule has 2 N–H and O–H groups in total. The van der Waals surface area contributed by atoms with Gasteiger partial charge in [-0.25, -0.2) is 0 Å². The van der Waals surface area contributed by atoms with Crippen LogP contribution in [-0.4, -0.2) is 9.78 Å². The van der Waals surface area contributed by atoms with Crippen molar-refractivity contribution >= 4 is 15.9 Å². The van der Waals surface area contributed by atoms with Crippen molar-refractivity contribution in [1.29, 1.82) is 0 Å². The maximum absolute atomic E-state index is 6.03. The Morgan fingerprint density at radius 2 is 2.40 bits per heavy atom. The predicted molar refractivity (Wildman–Crippen MR) is 60.3 cm³/mol. The third-order valence-electron chi connectivity index (χ3n) is 2.24. The molecule has 2 heterocycles. The number of nitrogens with zero attached hydrogens (tertiary/aromatic N) is 2. The molecule has 0 aliphatic carbocycles. The minimum atomic E-state index is -0.253. The fourth-order valence-electron chi connectivity index (χ4n) is 1.37. The summed E-state index contributed by atoms with van der Waals surface area (Å²) in [5.41, 5.74) is 6.99. The largest absolute Gasteiger partial charge is 0.452 e. The molecule has 0 spiro atoms. The fraction of sp³-hybridized carbons (Fsp3) is 0.300. The van der Waals surface area contributed by atoms with Crippen molar-refractivity contribution in [2.75, 3.05) is 0 Å². The smallest absolute Gasteiger partial charge is 0.169 e. The molecule has 1 atom stereocenters. The van der Waals surface area contributed by atoms with E-state index in [1.807, 2.05) is 29.9 Å². The van der Waals surface area contributed by atoms with Gasteiger partial charge in [-0.05, 0) is 35.0 Å². The molecular formula is C10H12BrN3O. The highest BCUT2D eigenvalue weighted by molar-refractivity contribution is 9.10. The topological polar surface area (TPSA) is 57.0 Å². The second-order valence-electron chi connectivity index (χ2n) is 3.25. The molecule has 4 nitrogen and oxygen atoms in total. The minimum Gasteiger partial charge on any atom is -0.452 e. The van der Waals surface area contributed by atoms with E-state index in [-0.39, 0.29) is 6.04 Å². The second kappa shape index (κ2) is 4.20. The molecular weight excluding hydrogens is 258 g/mol. The summed E-state index contributed by atoms with van der Waals surface area (Å²) in [6, 6.07) is 3.44. The van der Waals surface area contributed by atoms with Crippen LogP contribution in [0.15, 0.2) is 33.6 Å². The Morgan fingerprint density at radius 1 is 1.60 bits per heavy atom. The van der Waals surface area contributed by atoms with Gasteiger partial charge in [0, 0.05) is 18.3 Å². The highest BCUT2D eigenvalue weighted by Crippen LogP contribution is 2.23. The Kier molecular flexibility index (Phi) is 2.93. The lowest BCUT2D eigenvalue weighted by Crippen LogP contribution is -2.09. The Labute approximate surface area is 96.2 Å². The number of aromatic nitrogens is 2. The van der Waals surface area contributed by atoms with Gasteiger partial charge >= 0.3 is 0 Å². The van der Waals surface area contributed by atoms with Crippen molar-refractivity contribution in [2.24, 2.45) is 5.73 Å². The molecule has 5 heteroatoms. The lowest BCUT2D eigenvalue weighted by molar-refractivity contribution is 0.470. The molecule has 0 radical (unpaired) electrons. The van der Waals surface area contributed by atoms with Crippen LogP contribution in [0, 0.1) is 0 Å². The van der Waals surface area contributed by atoms with Crippen LogP contribution < -0.4 is 5.73 Å². The average molecular weight is 270 g/mol. The van der Waals surface area contributed by atoms with E-state index in [4.69, 9.17) is 10.2 Å². The van der Waals surface area contributed by atoms with Gasteiger partial charge < -0.3 is 10.2 Å². The SMILES string of the molecule is CCn1cc(C(N)c2ccc(Br)o2)cn1. The van der Waals surface area contributed by atoms with E-state index in [0.29, 0.717) is 4.67 Å². The summed E-state index contributed by atoms with van der Waals surface area (Å²) >= 11 is 3.25. The molecule has 0 fully saturated rings. The van der Waals surface area contributed by atoms with Crippen LogP contribution in [0.4, 0.5) is 0 Å². The van der Waals surface area contributed by atoms with Gasteiger partial charge in [-0.15, -0.1) is 0 Å². The second-order valence-corrected chi connectivity index (χ2v) is 4.03. The first-order valence-electron chi connectivity index (χ1n) is 4.74. The number of nitrogens with two attached hydrogens (primary N) is 1. The zero-order valence-corrected chi connectivity index (χ0v) is 9.94. The van der Waals surface area contributed by atoms with Gasteiger partial charge in [-0.1, -0.05) is 0 Å². The van der Waals surface area contributed by atoms with E-state index in [0.717, 1.165) is 17.9 Å². The quantitative estimate of drug-likeness (QED) is 0.931. The highest BCUT2D eigenvalue weighted by atomic mass is 79.9. The summed E-state index contributed by atoms with van der Waals surface area (Å²) in [4.78, 5) is 0. The number of furan rings is 1. The van der Waals surface area contributed by atoms with E-state index >= 15 is 0 Å². The standard InChI is InChI=1S/C10H12BrN3O/c1-2-14-6-7(5-13-14)10(12)8-3-4-9(11)15-8/h3-6,10H,2,12H2,1H3. The number of rotatable bonds is 3. The molecule has 0 aliphatic heterocycles. The molecule has 0 saturated carbocycles.